The molecule has 2 nitrogen and oxygen atoms in total. The molecule has 0 aromatic carbocycles. The van der Waals surface area contributed by atoms with E-state index in [1.807, 2.05) is 0 Å². The molecule has 2 heteroatoms. The Hall–Kier alpha value is -0.340. The Labute approximate surface area is 50.5 Å². The van der Waals surface area contributed by atoms with E-state index in [2.05, 4.69) is 6.58 Å². The van der Waals surface area contributed by atoms with Gasteiger partial charge in [0.2, 0.25) is 0 Å². The zero-order chi connectivity index (χ0) is 6.99. The molecule has 1 unspecified atom stereocenters. The third-order valence-corrected chi connectivity index (χ3v) is 0.341. The van der Waals surface area contributed by atoms with Crippen LogP contribution in [0.15, 0.2) is 12.7 Å². The van der Waals surface area contributed by atoms with E-state index in [0.717, 1.165) is 0 Å². The van der Waals surface area contributed by atoms with E-state index < -0.39 is 0 Å². The molecule has 0 aliphatic rings. The van der Waals surface area contributed by atoms with Crippen LogP contribution in [0.1, 0.15) is 13.8 Å². The molecule has 0 aromatic heterocycles. The number of hydrogen-bond donors (Lipinski definition) is 2. The van der Waals surface area contributed by atoms with E-state index in [1.54, 1.807) is 13.8 Å². The van der Waals surface area contributed by atoms with Crippen molar-refractivity contribution in [2.24, 2.45) is 0 Å². The Morgan fingerprint density at radius 1 is 1.75 bits per heavy atom. The van der Waals surface area contributed by atoms with Crippen molar-refractivity contribution >= 4 is 0 Å². The van der Waals surface area contributed by atoms with Crippen molar-refractivity contribution in [2.45, 2.75) is 20.0 Å². The average molecular weight is 118 g/mol. The zero-order valence-corrected chi connectivity index (χ0v) is 5.46. The number of hydrogen-bond acceptors (Lipinski definition) is 2. The number of aliphatic hydroxyl groups excluding tert-OH is 2. The van der Waals surface area contributed by atoms with Crippen LogP contribution in [0.25, 0.3) is 0 Å². The first kappa shape index (κ1) is 10.6. The Balaban J connectivity index is 0. The van der Waals surface area contributed by atoms with Crippen LogP contribution in [-0.4, -0.2) is 22.9 Å². The van der Waals surface area contributed by atoms with Gasteiger partial charge in [-0.3, -0.25) is 0 Å². The molecule has 0 heterocycles. The number of rotatable bonds is 1. The molecular formula is C6H14O2. The van der Waals surface area contributed by atoms with Gasteiger partial charge in [0.1, 0.15) is 0 Å². The van der Waals surface area contributed by atoms with Gasteiger partial charge in [-0.2, -0.15) is 0 Å². The molecule has 0 saturated heterocycles. The van der Waals surface area contributed by atoms with Crippen LogP contribution in [0.3, 0.4) is 0 Å². The first-order valence-electron chi connectivity index (χ1n) is 2.60. The highest BCUT2D eigenvalue weighted by Gasteiger charge is 1.75. The fourth-order valence-electron chi connectivity index (χ4n) is 0. The standard InChI is InChI=1S/C4H8O.C2H6O/c1-3-4(2)5;1-2-3/h3-5H,1H2,2H3;3H,2H2,1H3. The molecule has 2 N–H and O–H groups in total. The molecule has 0 spiro atoms. The predicted octanol–water partition coefficient (Wildman–Crippen LogP) is 0.552. The Kier molecular flexibility index (Phi) is 13.0. The summed E-state index contributed by atoms with van der Waals surface area (Å²) in [6, 6.07) is 0. The predicted molar refractivity (Wildman–Crippen MR) is 34.6 cm³/mol. The van der Waals surface area contributed by atoms with E-state index >= 15 is 0 Å². The van der Waals surface area contributed by atoms with Crippen LogP contribution >= 0.6 is 0 Å². The summed E-state index contributed by atoms with van der Waals surface area (Å²) in [5.41, 5.74) is 0. The van der Waals surface area contributed by atoms with Crippen molar-refractivity contribution in [3.63, 3.8) is 0 Å². The van der Waals surface area contributed by atoms with Crippen molar-refractivity contribution in [1.29, 1.82) is 0 Å². The van der Waals surface area contributed by atoms with Crippen LogP contribution < -0.4 is 0 Å². The first-order valence-corrected chi connectivity index (χ1v) is 2.60. The number of aliphatic hydroxyl groups is 2. The van der Waals surface area contributed by atoms with E-state index in [9.17, 15) is 0 Å². The molecule has 0 aliphatic carbocycles. The highest BCUT2D eigenvalue weighted by Crippen LogP contribution is 1.73. The van der Waals surface area contributed by atoms with Gasteiger partial charge in [-0.1, -0.05) is 6.08 Å². The van der Waals surface area contributed by atoms with Gasteiger partial charge in [0, 0.05) is 6.61 Å². The fraction of sp³-hybridized carbons (Fsp3) is 0.667. The van der Waals surface area contributed by atoms with E-state index in [1.165, 1.54) is 6.08 Å². The Bertz CT molecular complexity index is 41.8. The molecule has 0 bridgehead atoms. The smallest absolute Gasteiger partial charge is 0.0690 e. The second-order valence-electron chi connectivity index (χ2n) is 1.29. The summed E-state index contributed by atoms with van der Waals surface area (Å²) in [7, 11) is 0. The van der Waals surface area contributed by atoms with Crippen LogP contribution in [0.5, 0.6) is 0 Å². The summed E-state index contributed by atoms with van der Waals surface area (Å²) < 4.78 is 0. The summed E-state index contributed by atoms with van der Waals surface area (Å²) in [5.74, 6) is 0. The first-order chi connectivity index (χ1) is 3.68. The maximum Gasteiger partial charge on any atom is 0.0690 e. The van der Waals surface area contributed by atoms with Crippen molar-refractivity contribution < 1.29 is 10.2 Å². The molecule has 0 fully saturated rings. The minimum Gasteiger partial charge on any atom is -0.397 e. The highest BCUT2D eigenvalue weighted by atomic mass is 16.3. The normalized spacial score (nSPS) is 11.0. The fourth-order valence-corrected chi connectivity index (χ4v) is 0. The second-order valence-corrected chi connectivity index (χ2v) is 1.29. The lowest BCUT2D eigenvalue weighted by atomic mass is 10.4. The highest BCUT2D eigenvalue weighted by molar-refractivity contribution is 4.72. The molecule has 0 rings (SSSR count). The largest absolute Gasteiger partial charge is 0.397 e. The monoisotopic (exact) mass is 118 g/mol. The third kappa shape index (κ3) is 44.6. The summed E-state index contributed by atoms with van der Waals surface area (Å²) in [6.07, 6.45) is 1.12. The molecule has 0 aliphatic heterocycles. The minimum absolute atomic E-state index is 0.250. The van der Waals surface area contributed by atoms with Crippen LogP contribution in [-0.2, 0) is 0 Å². The van der Waals surface area contributed by atoms with Crippen molar-refractivity contribution in [1.82, 2.24) is 0 Å². The van der Waals surface area contributed by atoms with E-state index in [0.29, 0.717) is 0 Å². The molecule has 8 heavy (non-hydrogen) atoms. The van der Waals surface area contributed by atoms with Gasteiger partial charge in [-0.25, -0.2) is 0 Å². The lowest BCUT2D eigenvalue weighted by molar-refractivity contribution is 0.244. The quantitative estimate of drug-likeness (QED) is 0.494. The van der Waals surface area contributed by atoms with Crippen LogP contribution in [0.2, 0.25) is 0 Å². The summed E-state index contributed by atoms with van der Waals surface area (Å²) in [4.78, 5) is 0. The SMILES string of the molecule is C=CC(C)O.CCO. The topological polar surface area (TPSA) is 40.5 Å². The summed E-state index contributed by atoms with van der Waals surface area (Å²) in [5, 5.41) is 15.8. The van der Waals surface area contributed by atoms with Gasteiger partial charge in [-0.15, -0.1) is 6.58 Å². The molecule has 0 saturated carbocycles. The molecule has 50 valence electrons. The van der Waals surface area contributed by atoms with Crippen molar-refractivity contribution in [3.05, 3.63) is 12.7 Å². The summed E-state index contributed by atoms with van der Waals surface area (Å²) in [6.45, 7) is 6.90. The molecule has 1 atom stereocenters. The Morgan fingerprint density at radius 2 is 1.88 bits per heavy atom. The van der Waals surface area contributed by atoms with Gasteiger partial charge in [0.25, 0.3) is 0 Å². The van der Waals surface area contributed by atoms with Gasteiger partial charge in [0.05, 0.1) is 6.10 Å². The zero-order valence-electron chi connectivity index (χ0n) is 5.46. The van der Waals surface area contributed by atoms with E-state index in [-0.39, 0.29) is 12.7 Å². The van der Waals surface area contributed by atoms with Gasteiger partial charge in [0.15, 0.2) is 0 Å². The van der Waals surface area contributed by atoms with Crippen molar-refractivity contribution in [3.8, 4) is 0 Å². The second kappa shape index (κ2) is 9.83. The molecule has 0 aromatic rings. The van der Waals surface area contributed by atoms with Crippen molar-refractivity contribution in [2.75, 3.05) is 6.61 Å². The average Bonchev–Trinajstić information content (AvgIpc) is 1.69. The van der Waals surface area contributed by atoms with Crippen LogP contribution in [0, 0.1) is 0 Å². The Morgan fingerprint density at radius 3 is 1.88 bits per heavy atom. The minimum atomic E-state index is -0.352. The lowest BCUT2D eigenvalue weighted by Crippen LogP contribution is -1.88. The molecule has 0 radical (unpaired) electrons. The van der Waals surface area contributed by atoms with Crippen LogP contribution in [0.4, 0.5) is 0 Å². The lowest BCUT2D eigenvalue weighted by Gasteiger charge is -1.84. The summed E-state index contributed by atoms with van der Waals surface area (Å²) >= 11 is 0. The maximum atomic E-state index is 8.24. The maximum absolute atomic E-state index is 8.24. The molecular weight excluding hydrogens is 104 g/mol. The van der Waals surface area contributed by atoms with Gasteiger partial charge in [-0.05, 0) is 13.8 Å². The van der Waals surface area contributed by atoms with Gasteiger partial charge >= 0.3 is 0 Å². The van der Waals surface area contributed by atoms with E-state index in [4.69, 9.17) is 10.2 Å². The van der Waals surface area contributed by atoms with Gasteiger partial charge < -0.3 is 10.2 Å². The molecule has 0 amide bonds. The third-order valence-electron chi connectivity index (χ3n) is 0.341.